The summed E-state index contributed by atoms with van der Waals surface area (Å²) in [7, 11) is 0. The Kier molecular flexibility index (Phi) is 13.2. The van der Waals surface area contributed by atoms with Crippen molar-refractivity contribution in [2.24, 2.45) is 0 Å². The van der Waals surface area contributed by atoms with E-state index in [4.69, 9.17) is 32.7 Å². The van der Waals surface area contributed by atoms with Crippen LogP contribution in [0.5, 0.6) is 17.6 Å². The second-order valence-corrected chi connectivity index (χ2v) is 14.2. The summed E-state index contributed by atoms with van der Waals surface area (Å²) >= 11 is 12.2. The lowest BCUT2D eigenvalue weighted by Crippen LogP contribution is -2.44. The number of halogens is 5. The lowest BCUT2D eigenvalue weighted by Gasteiger charge is -2.19. The van der Waals surface area contributed by atoms with E-state index in [0.717, 1.165) is 11.1 Å². The molecule has 0 bridgehead atoms. The van der Waals surface area contributed by atoms with Gasteiger partial charge in [-0.25, -0.2) is 9.78 Å². The van der Waals surface area contributed by atoms with Crippen molar-refractivity contribution >= 4 is 70.2 Å². The van der Waals surface area contributed by atoms with Gasteiger partial charge >= 0.3 is 30.0 Å². The number of benzene rings is 3. The average molecular weight is 869 g/mol. The number of carbonyl (C=O) groups excluding carboxylic acids is 3. The normalized spacial score (nSPS) is 13.3. The first-order chi connectivity index (χ1) is 28.5. The molecule has 16 nitrogen and oxygen atoms in total. The SMILES string of the molecule is Cc1ccc(Oc2ccc(NC(=O)C(=O)NCC[C@H](NC(=O)c3ccc(Nc4nc(NC5(c6ccc(Cl)cc6)CC5)nc(OCC(F)(F)F)n4)cc3)C(=O)O)cn2)c(Cl)c1. The van der Waals surface area contributed by atoms with Crippen LogP contribution in [0.2, 0.25) is 10.0 Å². The fraction of sp³-hybridized carbons (Fsp3) is 0.231. The Morgan fingerprint density at radius 1 is 0.883 bits per heavy atom. The molecule has 21 heteroatoms. The Morgan fingerprint density at radius 2 is 1.58 bits per heavy atom. The molecule has 2 heterocycles. The first-order valence-corrected chi connectivity index (χ1v) is 18.7. The predicted molar refractivity (Wildman–Crippen MR) is 213 cm³/mol. The molecule has 6 rings (SSSR count). The second-order valence-electron chi connectivity index (χ2n) is 13.4. The number of pyridine rings is 1. The highest BCUT2D eigenvalue weighted by Crippen LogP contribution is 2.48. The lowest BCUT2D eigenvalue weighted by atomic mass is 10.1. The van der Waals surface area contributed by atoms with Gasteiger partial charge in [0.15, 0.2) is 6.61 Å². The highest BCUT2D eigenvalue weighted by atomic mass is 35.5. The van der Waals surface area contributed by atoms with Gasteiger partial charge in [0.25, 0.3) is 5.91 Å². The molecule has 5 aromatic rings. The van der Waals surface area contributed by atoms with Crippen molar-refractivity contribution in [2.45, 2.75) is 43.9 Å². The van der Waals surface area contributed by atoms with Crippen LogP contribution >= 0.6 is 23.2 Å². The molecule has 312 valence electrons. The third-order valence-electron chi connectivity index (χ3n) is 8.71. The number of alkyl halides is 3. The Bertz CT molecular complexity index is 2370. The van der Waals surface area contributed by atoms with Crippen molar-refractivity contribution < 1.29 is 46.9 Å². The molecule has 1 aliphatic carbocycles. The number of hydrogen-bond acceptors (Lipinski definition) is 12. The number of nitrogens with one attached hydrogen (secondary N) is 5. The summed E-state index contributed by atoms with van der Waals surface area (Å²) < 4.78 is 49.4. The molecule has 2 aromatic heterocycles. The smallest absolute Gasteiger partial charge is 0.422 e. The Balaban J connectivity index is 1.01. The molecule has 1 fully saturated rings. The summed E-state index contributed by atoms with van der Waals surface area (Å²) in [6.45, 7) is -0.0496. The van der Waals surface area contributed by atoms with Crippen LogP contribution in [0.4, 0.5) is 36.4 Å². The predicted octanol–water partition coefficient (Wildman–Crippen LogP) is 6.79. The average Bonchev–Trinajstić information content (AvgIpc) is 3.98. The molecule has 6 N–H and O–H groups in total. The molecule has 0 radical (unpaired) electrons. The van der Waals surface area contributed by atoms with Crippen LogP contribution < -0.4 is 36.1 Å². The van der Waals surface area contributed by atoms with Crippen molar-refractivity contribution in [3.63, 3.8) is 0 Å². The fourth-order valence-corrected chi connectivity index (χ4v) is 5.92. The number of aryl methyl sites for hydroxylation is 1. The number of aliphatic carboxylic acids is 1. The zero-order valence-corrected chi connectivity index (χ0v) is 32.8. The van der Waals surface area contributed by atoms with Crippen LogP contribution in [0.1, 0.15) is 40.7 Å². The zero-order chi connectivity index (χ0) is 43.0. The van der Waals surface area contributed by atoms with E-state index in [1.807, 2.05) is 25.1 Å². The van der Waals surface area contributed by atoms with Crippen LogP contribution in [-0.2, 0) is 19.9 Å². The van der Waals surface area contributed by atoms with Crippen LogP contribution in [0, 0.1) is 6.92 Å². The largest absolute Gasteiger partial charge is 0.480 e. The van der Waals surface area contributed by atoms with Crippen molar-refractivity contribution in [1.82, 2.24) is 30.6 Å². The number of carboxylic acids is 1. The van der Waals surface area contributed by atoms with Gasteiger partial charge in [-0.3, -0.25) is 14.4 Å². The van der Waals surface area contributed by atoms with Gasteiger partial charge < -0.3 is 41.2 Å². The Labute approximate surface area is 349 Å². The zero-order valence-electron chi connectivity index (χ0n) is 31.3. The van der Waals surface area contributed by atoms with Crippen molar-refractivity contribution in [1.29, 1.82) is 0 Å². The molecule has 3 aromatic carbocycles. The molecule has 0 spiro atoms. The van der Waals surface area contributed by atoms with E-state index in [-0.39, 0.29) is 42.0 Å². The molecule has 0 unspecified atom stereocenters. The molecular formula is C39H34Cl2F3N9O7. The highest BCUT2D eigenvalue weighted by molar-refractivity contribution is 6.39. The minimum atomic E-state index is -4.66. The van der Waals surface area contributed by atoms with E-state index in [1.54, 1.807) is 24.3 Å². The van der Waals surface area contributed by atoms with Crippen LogP contribution in [0.25, 0.3) is 0 Å². The van der Waals surface area contributed by atoms with Crippen LogP contribution in [0.15, 0.2) is 85.1 Å². The van der Waals surface area contributed by atoms with E-state index < -0.39 is 54.1 Å². The Hall–Kier alpha value is -6.73. The molecule has 0 saturated heterocycles. The van der Waals surface area contributed by atoms with E-state index in [0.29, 0.717) is 34.3 Å². The third-order valence-corrected chi connectivity index (χ3v) is 9.25. The quantitative estimate of drug-likeness (QED) is 0.0564. The summed E-state index contributed by atoms with van der Waals surface area (Å²) in [4.78, 5) is 66.2. The van der Waals surface area contributed by atoms with E-state index >= 15 is 0 Å². The summed E-state index contributed by atoms with van der Waals surface area (Å²) in [6.07, 6.45) is -2.28. The van der Waals surface area contributed by atoms with Crippen LogP contribution in [0.3, 0.4) is 0 Å². The van der Waals surface area contributed by atoms with Crippen LogP contribution in [-0.4, -0.2) is 74.1 Å². The fourth-order valence-electron chi connectivity index (χ4n) is 5.52. The van der Waals surface area contributed by atoms with Crippen molar-refractivity contribution in [3.8, 4) is 17.6 Å². The number of nitrogens with zero attached hydrogens (tertiary/aromatic N) is 4. The maximum Gasteiger partial charge on any atom is 0.422 e. The molecular weight excluding hydrogens is 834 g/mol. The second kappa shape index (κ2) is 18.5. The lowest BCUT2D eigenvalue weighted by molar-refractivity contribution is -0.154. The van der Waals surface area contributed by atoms with Gasteiger partial charge in [0.05, 0.1) is 22.4 Å². The maximum atomic E-state index is 13.0. The number of anilines is 4. The number of carbonyl (C=O) groups is 4. The van der Waals surface area contributed by atoms with Crippen molar-refractivity contribution in [3.05, 3.63) is 112 Å². The summed E-state index contributed by atoms with van der Waals surface area (Å²) in [5, 5.41) is 23.7. The highest BCUT2D eigenvalue weighted by Gasteiger charge is 2.45. The Morgan fingerprint density at radius 3 is 2.22 bits per heavy atom. The topological polar surface area (TPSA) is 219 Å². The molecule has 3 amide bonds. The number of rotatable bonds is 16. The number of amides is 3. The number of hydrogen-bond donors (Lipinski definition) is 6. The maximum absolute atomic E-state index is 13.0. The molecule has 1 saturated carbocycles. The van der Waals surface area contributed by atoms with Gasteiger partial charge in [0.1, 0.15) is 11.8 Å². The van der Waals surface area contributed by atoms with Gasteiger partial charge in [-0.05, 0) is 91.9 Å². The third kappa shape index (κ3) is 11.9. The summed E-state index contributed by atoms with van der Waals surface area (Å²) in [6, 6.07) is 18.7. The number of aromatic nitrogens is 4. The standard InChI is InChI=1S/C39H34Cl2F3N9O7/c1-21-2-12-29(27(41)18-21)60-30-13-11-26(19-46-30)47-33(56)32(55)45-17-14-28(34(57)58)49-31(54)22-3-9-25(10-4-22)48-35-50-36(52-37(51-35)59-20-39(42,43)44)53-38(15-16-38)23-5-7-24(40)8-6-23/h2-13,18-19,28H,14-17,20H2,1H3,(H,45,55)(H,47,56)(H,49,54)(H,57,58)(H2,48,50,51,52,53)/t28-/m0/s1. The van der Waals surface area contributed by atoms with Gasteiger partial charge in [-0.1, -0.05) is 41.4 Å². The first-order valence-electron chi connectivity index (χ1n) is 17.9. The van der Waals surface area contributed by atoms with Gasteiger partial charge in [0, 0.05) is 28.9 Å². The van der Waals surface area contributed by atoms with E-state index in [1.165, 1.54) is 42.6 Å². The van der Waals surface area contributed by atoms with E-state index in [2.05, 4.69) is 46.5 Å². The minimum absolute atomic E-state index is 0.0491. The first kappa shape index (κ1) is 42.9. The summed E-state index contributed by atoms with van der Waals surface area (Å²) in [5.74, 6) is -3.92. The van der Waals surface area contributed by atoms with E-state index in [9.17, 15) is 37.5 Å². The van der Waals surface area contributed by atoms with Gasteiger partial charge in [-0.15, -0.1) is 0 Å². The van der Waals surface area contributed by atoms with Crippen molar-refractivity contribution in [2.75, 3.05) is 29.1 Å². The van der Waals surface area contributed by atoms with Gasteiger partial charge in [-0.2, -0.15) is 28.1 Å². The molecule has 0 aliphatic heterocycles. The minimum Gasteiger partial charge on any atom is -0.480 e. The van der Waals surface area contributed by atoms with Gasteiger partial charge in [0.2, 0.25) is 17.8 Å². The number of ether oxygens (including phenoxy) is 2. The molecule has 1 atom stereocenters. The monoisotopic (exact) mass is 867 g/mol. The molecule has 60 heavy (non-hydrogen) atoms. The molecule has 1 aliphatic rings. The number of carboxylic acid groups (broad SMARTS) is 1. The summed E-state index contributed by atoms with van der Waals surface area (Å²) in [5.41, 5.74) is 1.79.